The van der Waals surface area contributed by atoms with E-state index in [1.54, 1.807) is 7.11 Å². The minimum absolute atomic E-state index is 0.188. The number of hydrazine groups is 1. The Balaban J connectivity index is 2.95. The average molecular weight is 262 g/mol. The van der Waals surface area contributed by atoms with Gasteiger partial charge in [-0.3, -0.25) is 11.3 Å². The van der Waals surface area contributed by atoms with Gasteiger partial charge in [0.05, 0.1) is 17.7 Å². The van der Waals surface area contributed by atoms with Crippen LogP contribution in [0.4, 0.5) is 13.2 Å². The highest BCUT2D eigenvalue weighted by molar-refractivity contribution is 5.27. The van der Waals surface area contributed by atoms with Crippen LogP contribution in [0.5, 0.6) is 0 Å². The minimum atomic E-state index is -4.32. The molecule has 1 aromatic carbocycles. The molecule has 102 valence electrons. The van der Waals surface area contributed by atoms with Crippen molar-refractivity contribution in [2.75, 3.05) is 7.11 Å². The molecule has 0 saturated heterocycles. The Labute approximate surface area is 104 Å². The van der Waals surface area contributed by atoms with Crippen molar-refractivity contribution < 1.29 is 17.9 Å². The molecule has 2 unspecified atom stereocenters. The first-order chi connectivity index (χ1) is 8.43. The molecule has 18 heavy (non-hydrogen) atoms. The predicted octanol–water partition coefficient (Wildman–Crippen LogP) is 2.63. The second-order valence-electron chi connectivity index (χ2n) is 3.95. The largest absolute Gasteiger partial charge is 0.416 e. The summed E-state index contributed by atoms with van der Waals surface area (Å²) >= 11 is 0. The van der Waals surface area contributed by atoms with Crippen LogP contribution >= 0.6 is 0 Å². The lowest BCUT2D eigenvalue weighted by Crippen LogP contribution is -2.37. The number of ether oxygens (including phenoxy) is 1. The number of nitrogens with two attached hydrogens (primary N) is 1. The van der Waals surface area contributed by atoms with Crippen molar-refractivity contribution in [3.63, 3.8) is 0 Å². The first-order valence-electron chi connectivity index (χ1n) is 5.60. The molecule has 2 atom stereocenters. The minimum Gasteiger partial charge on any atom is -0.379 e. The van der Waals surface area contributed by atoms with Crippen molar-refractivity contribution in [3.8, 4) is 0 Å². The third kappa shape index (κ3) is 3.44. The lowest BCUT2D eigenvalue weighted by Gasteiger charge is -2.25. The molecule has 0 aliphatic rings. The SMILES string of the molecule is CCC(OC)C(NN)c1ccc(C(F)(F)F)cc1. The fraction of sp³-hybridized carbons (Fsp3) is 0.500. The summed E-state index contributed by atoms with van der Waals surface area (Å²) in [6.07, 6.45) is -3.81. The van der Waals surface area contributed by atoms with E-state index < -0.39 is 11.7 Å². The lowest BCUT2D eigenvalue weighted by atomic mass is 9.99. The molecule has 0 amide bonds. The first-order valence-corrected chi connectivity index (χ1v) is 5.60. The molecule has 0 saturated carbocycles. The Kier molecular flexibility index (Phi) is 5.13. The molecule has 0 radical (unpaired) electrons. The fourth-order valence-electron chi connectivity index (χ4n) is 1.84. The van der Waals surface area contributed by atoms with E-state index in [1.165, 1.54) is 12.1 Å². The van der Waals surface area contributed by atoms with Gasteiger partial charge >= 0.3 is 6.18 Å². The molecular formula is C12H17F3N2O. The summed E-state index contributed by atoms with van der Waals surface area (Å²) in [7, 11) is 1.54. The summed E-state index contributed by atoms with van der Waals surface area (Å²) in [5.41, 5.74) is 2.56. The molecule has 0 bridgehead atoms. The number of nitrogens with one attached hydrogen (secondary N) is 1. The predicted molar refractivity (Wildman–Crippen MR) is 62.6 cm³/mol. The van der Waals surface area contributed by atoms with Crippen LogP contribution in [0.1, 0.15) is 30.5 Å². The van der Waals surface area contributed by atoms with Crippen LogP contribution in [0.15, 0.2) is 24.3 Å². The lowest BCUT2D eigenvalue weighted by molar-refractivity contribution is -0.137. The van der Waals surface area contributed by atoms with Crippen LogP contribution in [0.2, 0.25) is 0 Å². The van der Waals surface area contributed by atoms with E-state index in [-0.39, 0.29) is 12.1 Å². The van der Waals surface area contributed by atoms with Crippen molar-refractivity contribution in [2.45, 2.75) is 31.7 Å². The quantitative estimate of drug-likeness (QED) is 0.633. The van der Waals surface area contributed by atoms with Gasteiger partial charge in [-0.1, -0.05) is 19.1 Å². The van der Waals surface area contributed by atoms with Crippen LogP contribution in [0.3, 0.4) is 0 Å². The summed E-state index contributed by atoms with van der Waals surface area (Å²) in [5, 5.41) is 0. The standard InChI is InChI=1S/C12H17F3N2O/c1-3-10(18-2)11(17-16)8-4-6-9(7-5-8)12(13,14)15/h4-7,10-11,17H,3,16H2,1-2H3. The van der Waals surface area contributed by atoms with Crippen molar-refractivity contribution in [1.82, 2.24) is 5.43 Å². The summed E-state index contributed by atoms with van der Waals surface area (Å²) in [5.74, 6) is 5.43. The van der Waals surface area contributed by atoms with Crippen molar-refractivity contribution in [1.29, 1.82) is 0 Å². The molecule has 0 fully saturated rings. The molecule has 3 nitrogen and oxygen atoms in total. The zero-order chi connectivity index (χ0) is 13.8. The highest BCUT2D eigenvalue weighted by Crippen LogP contribution is 2.30. The van der Waals surface area contributed by atoms with E-state index in [0.717, 1.165) is 12.1 Å². The Hall–Kier alpha value is -1.11. The fourth-order valence-corrected chi connectivity index (χ4v) is 1.84. The van der Waals surface area contributed by atoms with Gasteiger partial charge in [0.15, 0.2) is 0 Å². The number of halogens is 3. The second kappa shape index (κ2) is 6.17. The molecule has 0 aromatic heterocycles. The first kappa shape index (κ1) is 14.9. The molecule has 1 aromatic rings. The monoisotopic (exact) mass is 262 g/mol. The molecule has 0 heterocycles. The normalized spacial score (nSPS) is 15.4. The topological polar surface area (TPSA) is 47.3 Å². The Morgan fingerprint density at radius 3 is 2.17 bits per heavy atom. The van der Waals surface area contributed by atoms with E-state index in [0.29, 0.717) is 12.0 Å². The zero-order valence-corrected chi connectivity index (χ0v) is 10.3. The van der Waals surface area contributed by atoms with Gasteiger partial charge in [-0.25, -0.2) is 0 Å². The number of rotatable bonds is 5. The van der Waals surface area contributed by atoms with Gasteiger partial charge < -0.3 is 4.74 Å². The molecule has 0 aliphatic heterocycles. The van der Waals surface area contributed by atoms with Gasteiger partial charge in [0, 0.05) is 7.11 Å². The van der Waals surface area contributed by atoms with Crippen LogP contribution in [0, 0.1) is 0 Å². The highest BCUT2D eigenvalue weighted by Gasteiger charge is 2.30. The Morgan fingerprint density at radius 1 is 1.28 bits per heavy atom. The van der Waals surface area contributed by atoms with Crippen molar-refractivity contribution >= 4 is 0 Å². The third-order valence-corrected chi connectivity index (χ3v) is 2.85. The summed E-state index contributed by atoms with van der Waals surface area (Å²) in [6.45, 7) is 1.92. The van der Waals surface area contributed by atoms with Gasteiger partial charge in [0.2, 0.25) is 0 Å². The van der Waals surface area contributed by atoms with E-state index >= 15 is 0 Å². The van der Waals surface area contributed by atoms with E-state index in [4.69, 9.17) is 10.6 Å². The second-order valence-corrected chi connectivity index (χ2v) is 3.95. The zero-order valence-electron chi connectivity index (χ0n) is 10.3. The summed E-state index contributed by atoms with van der Waals surface area (Å²) in [6, 6.07) is 4.58. The maximum atomic E-state index is 12.4. The number of methoxy groups -OCH3 is 1. The van der Waals surface area contributed by atoms with Crippen LogP contribution < -0.4 is 11.3 Å². The molecule has 0 spiro atoms. The number of hydrogen-bond acceptors (Lipinski definition) is 3. The Bertz CT molecular complexity index is 361. The summed E-state index contributed by atoms with van der Waals surface area (Å²) in [4.78, 5) is 0. The van der Waals surface area contributed by atoms with Crippen LogP contribution in [-0.2, 0) is 10.9 Å². The van der Waals surface area contributed by atoms with E-state index in [9.17, 15) is 13.2 Å². The number of alkyl halides is 3. The molecular weight excluding hydrogens is 245 g/mol. The number of benzene rings is 1. The van der Waals surface area contributed by atoms with Gasteiger partial charge in [-0.2, -0.15) is 13.2 Å². The smallest absolute Gasteiger partial charge is 0.379 e. The van der Waals surface area contributed by atoms with Crippen molar-refractivity contribution in [3.05, 3.63) is 35.4 Å². The third-order valence-electron chi connectivity index (χ3n) is 2.85. The van der Waals surface area contributed by atoms with Gasteiger partial charge in [0.1, 0.15) is 0 Å². The average Bonchev–Trinajstić information content (AvgIpc) is 2.35. The Morgan fingerprint density at radius 2 is 1.83 bits per heavy atom. The number of hydrogen-bond donors (Lipinski definition) is 2. The van der Waals surface area contributed by atoms with E-state index in [1.807, 2.05) is 6.92 Å². The molecule has 3 N–H and O–H groups in total. The molecule has 0 aliphatic carbocycles. The van der Waals surface area contributed by atoms with E-state index in [2.05, 4.69) is 5.43 Å². The van der Waals surface area contributed by atoms with Crippen LogP contribution in [-0.4, -0.2) is 13.2 Å². The van der Waals surface area contributed by atoms with Crippen LogP contribution in [0.25, 0.3) is 0 Å². The molecule has 1 rings (SSSR count). The van der Waals surface area contributed by atoms with Crippen molar-refractivity contribution in [2.24, 2.45) is 5.84 Å². The highest BCUT2D eigenvalue weighted by atomic mass is 19.4. The van der Waals surface area contributed by atoms with Gasteiger partial charge in [-0.05, 0) is 24.1 Å². The summed E-state index contributed by atoms with van der Waals surface area (Å²) < 4.78 is 42.5. The maximum Gasteiger partial charge on any atom is 0.416 e. The van der Waals surface area contributed by atoms with Gasteiger partial charge in [0.25, 0.3) is 0 Å². The van der Waals surface area contributed by atoms with Gasteiger partial charge in [-0.15, -0.1) is 0 Å². The molecule has 6 heteroatoms. The maximum absolute atomic E-state index is 12.4.